The number of benzene rings is 2. The van der Waals surface area contributed by atoms with Gasteiger partial charge in [0, 0.05) is 6.54 Å². The summed E-state index contributed by atoms with van der Waals surface area (Å²) in [5.41, 5.74) is 1.92. The summed E-state index contributed by atoms with van der Waals surface area (Å²) in [7, 11) is 1.61. The second-order valence-corrected chi connectivity index (χ2v) is 7.81. The predicted molar refractivity (Wildman–Crippen MR) is 117 cm³/mol. The first kappa shape index (κ1) is 22.1. The highest BCUT2D eigenvalue weighted by Gasteiger charge is 2.26. The van der Waals surface area contributed by atoms with E-state index in [9.17, 15) is 9.90 Å². The first-order valence-corrected chi connectivity index (χ1v) is 10.6. The Balaban J connectivity index is 1.57. The molecule has 1 amide bonds. The van der Waals surface area contributed by atoms with E-state index in [4.69, 9.17) is 9.47 Å². The summed E-state index contributed by atoms with van der Waals surface area (Å²) in [6, 6.07) is 14.7. The van der Waals surface area contributed by atoms with Crippen LogP contribution in [0.1, 0.15) is 36.5 Å². The number of hydrogen-bond acceptors (Lipinski definition) is 5. The molecule has 162 valence electrons. The van der Waals surface area contributed by atoms with Crippen LogP contribution < -0.4 is 14.8 Å². The van der Waals surface area contributed by atoms with Gasteiger partial charge in [-0.1, -0.05) is 29.8 Å². The summed E-state index contributed by atoms with van der Waals surface area (Å²) in [5, 5.41) is 14.0. The third-order valence-corrected chi connectivity index (χ3v) is 5.46. The lowest BCUT2D eigenvalue weighted by Crippen LogP contribution is -2.47. The van der Waals surface area contributed by atoms with E-state index in [1.165, 1.54) is 0 Å². The Bertz CT molecular complexity index is 786. The molecule has 1 heterocycles. The number of amides is 1. The van der Waals surface area contributed by atoms with Gasteiger partial charge in [0.05, 0.1) is 26.2 Å². The Morgan fingerprint density at radius 1 is 1.07 bits per heavy atom. The zero-order valence-corrected chi connectivity index (χ0v) is 17.8. The number of nitrogens with one attached hydrogen (secondary N) is 1. The molecular formula is C24H32N2O4. The summed E-state index contributed by atoms with van der Waals surface area (Å²) in [6.45, 7) is 4.93. The molecular weight excluding hydrogens is 380 g/mol. The number of hydrogen-bond donors (Lipinski definition) is 2. The van der Waals surface area contributed by atoms with Crippen LogP contribution in [-0.2, 0) is 4.79 Å². The molecule has 2 N–H and O–H groups in total. The second kappa shape index (κ2) is 11.0. The Labute approximate surface area is 178 Å². The van der Waals surface area contributed by atoms with Gasteiger partial charge >= 0.3 is 0 Å². The van der Waals surface area contributed by atoms with Crippen molar-refractivity contribution < 1.29 is 19.4 Å². The molecule has 0 spiro atoms. The van der Waals surface area contributed by atoms with Crippen molar-refractivity contribution in [2.75, 3.05) is 33.4 Å². The van der Waals surface area contributed by atoms with E-state index in [0.29, 0.717) is 13.2 Å². The molecule has 0 unspecified atom stereocenters. The monoisotopic (exact) mass is 412 g/mol. The van der Waals surface area contributed by atoms with Gasteiger partial charge in [-0.05, 0) is 62.7 Å². The third kappa shape index (κ3) is 6.47. The molecule has 1 fully saturated rings. The Hall–Kier alpha value is -2.57. The van der Waals surface area contributed by atoms with Crippen LogP contribution in [0, 0.1) is 6.92 Å². The largest absolute Gasteiger partial charge is 0.497 e. The van der Waals surface area contributed by atoms with E-state index in [1.54, 1.807) is 7.11 Å². The number of nitrogens with zero attached hydrogens (tertiary/aromatic N) is 1. The number of carbonyl (C=O) groups excluding carboxylic acids is 1. The lowest BCUT2D eigenvalue weighted by molar-refractivity contribution is -0.123. The van der Waals surface area contributed by atoms with Gasteiger partial charge in [0.15, 0.2) is 0 Å². The molecule has 2 aromatic rings. The van der Waals surface area contributed by atoms with E-state index in [-0.39, 0.29) is 18.4 Å². The van der Waals surface area contributed by atoms with E-state index in [0.717, 1.165) is 48.6 Å². The Morgan fingerprint density at radius 2 is 1.70 bits per heavy atom. The van der Waals surface area contributed by atoms with Crippen LogP contribution in [0.25, 0.3) is 0 Å². The molecule has 1 saturated heterocycles. The van der Waals surface area contributed by atoms with Crippen molar-refractivity contribution in [3.05, 3.63) is 59.7 Å². The molecule has 6 heteroatoms. The first-order chi connectivity index (χ1) is 14.5. The van der Waals surface area contributed by atoms with E-state index in [1.807, 2.05) is 55.5 Å². The van der Waals surface area contributed by atoms with E-state index in [2.05, 4.69) is 10.2 Å². The molecule has 30 heavy (non-hydrogen) atoms. The van der Waals surface area contributed by atoms with Crippen molar-refractivity contribution >= 4 is 5.91 Å². The van der Waals surface area contributed by atoms with Crippen molar-refractivity contribution in [2.45, 2.75) is 38.3 Å². The highest BCUT2D eigenvalue weighted by molar-refractivity contribution is 5.76. The number of aliphatic hydroxyl groups excluding tert-OH is 1. The van der Waals surface area contributed by atoms with E-state index >= 15 is 0 Å². The maximum Gasteiger partial charge on any atom is 0.223 e. The van der Waals surface area contributed by atoms with Gasteiger partial charge in [0.25, 0.3) is 0 Å². The highest BCUT2D eigenvalue weighted by atomic mass is 16.5. The third-order valence-electron chi connectivity index (χ3n) is 5.46. The maximum absolute atomic E-state index is 12.6. The quantitative estimate of drug-likeness (QED) is 0.628. The fourth-order valence-electron chi connectivity index (χ4n) is 3.68. The molecule has 6 nitrogen and oxygen atoms in total. The molecule has 1 aliphatic rings. The predicted octanol–water partition coefficient (Wildman–Crippen LogP) is 3.09. The van der Waals surface area contributed by atoms with Crippen LogP contribution in [-0.4, -0.2) is 55.3 Å². The van der Waals surface area contributed by atoms with E-state index < -0.39 is 6.10 Å². The number of likely N-dealkylation sites (tertiary alicyclic amines) is 1. The maximum atomic E-state index is 12.6. The molecule has 2 atom stereocenters. The minimum atomic E-state index is -0.793. The lowest BCUT2D eigenvalue weighted by Gasteiger charge is -2.29. The second-order valence-electron chi connectivity index (χ2n) is 7.81. The first-order valence-electron chi connectivity index (χ1n) is 10.6. The van der Waals surface area contributed by atoms with Crippen molar-refractivity contribution in [3.8, 4) is 11.5 Å². The normalized spacial score (nSPS) is 16.1. The van der Waals surface area contributed by atoms with Gasteiger partial charge in [-0.15, -0.1) is 0 Å². The fraction of sp³-hybridized carbons (Fsp3) is 0.458. The van der Waals surface area contributed by atoms with Crippen molar-refractivity contribution in [2.24, 2.45) is 0 Å². The SMILES string of the molecule is COc1ccc([C@H](O)[C@@H](CN2CCCC2)NC(=O)CCOc2ccc(C)cc2)cc1. The number of ether oxygens (including phenoxy) is 2. The summed E-state index contributed by atoms with van der Waals surface area (Å²) < 4.78 is 10.9. The van der Waals surface area contributed by atoms with Crippen LogP contribution in [0.3, 0.4) is 0 Å². The number of aliphatic hydroxyl groups is 1. The number of aryl methyl sites for hydroxylation is 1. The molecule has 0 radical (unpaired) electrons. The van der Waals surface area contributed by atoms with Crippen molar-refractivity contribution in [1.29, 1.82) is 0 Å². The van der Waals surface area contributed by atoms with Crippen LogP contribution in [0.5, 0.6) is 11.5 Å². The zero-order chi connectivity index (χ0) is 21.3. The summed E-state index contributed by atoms with van der Waals surface area (Å²) >= 11 is 0. The standard InChI is InChI=1S/C24H32N2O4/c1-18-5-9-21(10-6-18)30-16-13-23(27)25-22(17-26-14-3-4-15-26)24(28)19-7-11-20(29-2)12-8-19/h5-12,22,24,28H,3-4,13-17H2,1-2H3,(H,25,27)/t22-,24+/m1/s1. The lowest BCUT2D eigenvalue weighted by atomic mass is 10.0. The van der Waals surface area contributed by atoms with Crippen LogP contribution >= 0.6 is 0 Å². The molecule has 1 aliphatic heterocycles. The van der Waals surface area contributed by atoms with Gasteiger partial charge in [-0.3, -0.25) is 4.79 Å². The summed E-state index contributed by atoms with van der Waals surface area (Å²) in [4.78, 5) is 14.9. The van der Waals surface area contributed by atoms with Crippen LogP contribution in [0.2, 0.25) is 0 Å². The topological polar surface area (TPSA) is 71.0 Å². The van der Waals surface area contributed by atoms with Gasteiger partial charge in [0.1, 0.15) is 17.6 Å². The molecule has 2 aromatic carbocycles. The average molecular weight is 413 g/mol. The van der Waals surface area contributed by atoms with Gasteiger partial charge < -0.3 is 24.8 Å². The molecule has 0 bridgehead atoms. The molecule has 3 rings (SSSR count). The molecule has 0 aliphatic carbocycles. The van der Waals surface area contributed by atoms with Gasteiger partial charge in [0.2, 0.25) is 5.91 Å². The minimum Gasteiger partial charge on any atom is -0.497 e. The number of methoxy groups -OCH3 is 1. The highest BCUT2D eigenvalue weighted by Crippen LogP contribution is 2.22. The van der Waals surface area contributed by atoms with Crippen molar-refractivity contribution in [1.82, 2.24) is 10.2 Å². The van der Waals surface area contributed by atoms with Gasteiger partial charge in [-0.2, -0.15) is 0 Å². The Kier molecular flexibility index (Phi) is 8.11. The molecule has 0 saturated carbocycles. The average Bonchev–Trinajstić information content (AvgIpc) is 3.27. The number of rotatable bonds is 10. The minimum absolute atomic E-state index is 0.126. The summed E-state index contributed by atoms with van der Waals surface area (Å²) in [6.07, 6.45) is 1.76. The number of carbonyl (C=O) groups is 1. The smallest absolute Gasteiger partial charge is 0.223 e. The van der Waals surface area contributed by atoms with Gasteiger partial charge in [-0.25, -0.2) is 0 Å². The zero-order valence-electron chi connectivity index (χ0n) is 17.8. The van der Waals surface area contributed by atoms with Crippen molar-refractivity contribution in [3.63, 3.8) is 0 Å². The Morgan fingerprint density at radius 3 is 2.33 bits per heavy atom. The summed E-state index contributed by atoms with van der Waals surface area (Å²) in [5.74, 6) is 1.36. The fourth-order valence-corrected chi connectivity index (χ4v) is 3.68. The van der Waals surface area contributed by atoms with Crippen LogP contribution in [0.15, 0.2) is 48.5 Å². The molecule has 0 aromatic heterocycles. The van der Waals surface area contributed by atoms with Crippen LogP contribution in [0.4, 0.5) is 0 Å².